The molecule has 0 aromatic carbocycles. The van der Waals surface area contributed by atoms with Gasteiger partial charge in [-0.3, -0.25) is 14.3 Å². The number of rotatable bonds is 2. The summed E-state index contributed by atoms with van der Waals surface area (Å²) in [6.07, 6.45) is 0.545. The van der Waals surface area contributed by atoms with Gasteiger partial charge in [-0.2, -0.15) is 0 Å². The molecule has 7 heteroatoms. The molecule has 7 nitrogen and oxygen atoms in total. The largest absolute Gasteiger partial charge is 0.469 e. The summed E-state index contributed by atoms with van der Waals surface area (Å²) in [5.74, 6) is 0.190. The summed E-state index contributed by atoms with van der Waals surface area (Å²) in [7, 11) is 0. The highest BCUT2D eigenvalue weighted by molar-refractivity contribution is 5.06. The summed E-state index contributed by atoms with van der Waals surface area (Å²) in [6.45, 7) is -0.355. The Labute approximate surface area is 89.2 Å². The highest BCUT2D eigenvalue weighted by Crippen LogP contribution is 2.24. The lowest BCUT2D eigenvalue weighted by Gasteiger charge is -2.17. The zero-order chi connectivity index (χ0) is 11.7. The Morgan fingerprint density at radius 1 is 1.50 bits per heavy atom. The number of nitrogens with one attached hydrogen (secondary N) is 1. The van der Waals surface area contributed by atoms with E-state index in [1.165, 1.54) is 12.3 Å². The Bertz CT molecular complexity index is 529. The molecule has 2 unspecified atom stereocenters. The van der Waals surface area contributed by atoms with Crippen molar-refractivity contribution < 1.29 is 14.9 Å². The minimum atomic E-state index is -1.04. The highest BCUT2D eigenvalue weighted by Gasteiger charge is 2.29. The molecule has 1 aromatic heterocycles. The van der Waals surface area contributed by atoms with Gasteiger partial charge in [0, 0.05) is 12.3 Å². The van der Waals surface area contributed by atoms with Crippen LogP contribution in [0.3, 0.4) is 0 Å². The molecule has 16 heavy (non-hydrogen) atoms. The molecular weight excluding hydrogens is 216 g/mol. The van der Waals surface area contributed by atoms with Crippen LogP contribution in [0.4, 0.5) is 0 Å². The first-order chi connectivity index (χ1) is 7.61. The van der Waals surface area contributed by atoms with E-state index in [1.54, 1.807) is 0 Å². The van der Waals surface area contributed by atoms with Crippen molar-refractivity contribution in [1.29, 1.82) is 0 Å². The average molecular weight is 226 g/mol. The second kappa shape index (κ2) is 3.95. The van der Waals surface area contributed by atoms with Gasteiger partial charge in [-0.25, -0.2) is 4.79 Å². The van der Waals surface area contributed by atoms with E-state index >= 15 is 0 Å². The predicted octanol–water partition coefficient (Wildman–Crippen LogP) is -1.70. The van der Waals surface area contributed by atoms with Gasteiger partial charge >= 0.3 is 5.69 Å². The normalized spacial score (nSPS) is 24.0. The quantitative estimate of drug-likeness (QED) is 0.557. The Balaban J connectivity index is 2.34. The van der Waals surface area contributed by atoms with Gasteiger partial charge in [0.2, 0.25) is 6.23 Å². The van der Waals surface area contributed by atoms with Gasteiger partial charge in [-0.05, 0) is 6.08 Å². The second-order valence-corrected chi connectivity index (χ2v) is 3.31. The molecule has 1 aliphatic heterocycles. The Morgan fingerprint density at radius 2 is 2.25 bits per heavy atom. The molecule has 86 valence electrons. The number of H-pyrrole nitrogens is 1. The Kier molecular flexibility index (Phi) is 2.63. The van der Waals surface area contributed by atoms with Crippen molar-refractivity contribution in [2.45, 2.75) is 12.3 Å². The van der Waals surface area contributed by atoms with E-state index < -0.39 is 23.6 Å². The van der Waals surface area contributed by atoms with Crippen molar-refractivity contribution in [3.8, 4) is 0 Å². The molecule has 0 aliphatic carbocycles. The lowest BCUT2D eigenvalue weighted by molar-refractivity contribution is -0.0104. The molecule has 0 spiro atoms. The summed E-state index contributed by atoms with van der Waals surface area (Å²) in [6, 6.07) is 1.15. The molecule has 1 aliphatic rings. The van der Waals surface area contributed by atoms with E-state index in [-0.39, 0.29) is 12.4 Å². The van der Waals surface area contributed by atoms with Crippen LogP contribution in [-0.4, -0.2) is 32.5 Å². The van der Waals surface area contributed by atoms with Crippen molar-refractivity contribution in [3.63, 3.8) is 0 Å². The van der Waals surface area contributed by atoms with Crippen LogP contribution in [-0.2, 0) is 4.74 Å². The van der Waals surface area contributed by atoms with Crippen molar-refractivity contribution >= 4 is 0 Å². The lowest BCUT2D eigenvalue weighted by Crippen LogP contribution is -2.35. The number of hydrogen-bond donors (Lipinski definition) is 3. The van der Waals surface area contributed by atoms with E-state index in [0.29, 0.717) is 0 Å². The maximum Gasteiger partial charge on any atom is 0.331 e. The van der Waals surface area contributed by atoms with Crippen LogP contribution in [0.2, 0.25) is 0 Å². The molecule has 1 aromatic rings. The Morgan fingerprint density at radius 3 is 2.81 bits per heavy atom. The molecule has 0 saturated heterocycles. The van der Waals surface area contributed by atoms with Crippen LogP contribution in [0.15, 0.2) is 33.7 Å². The van der Waals surface area contributed by atoms with Gasteiger partial charge < -0.3 is 14.9 Å². The molecular formula is C9H10N2O5. The van der Waals surface area contributed by atoms with Crippen molar-refractivity contribution in [2.75, 3.05) is 6.61 Å². The van der Waals surface area contributed by atoms with Gasteiger partial charge in [-0.15, -0.1) is 0 Å². The Hall–Kier alpha value is -1.86. The first-order valence-electron chi connectivity index (χ1n) is 4.59. The highest BCUT2D eigenvalue weighted by atomic mass is 16.5. The van der Waals surface area contributed by atoms with Crippen molar-refractivity contribution in [1.82, 2.24) is 9.55 Å². The van der Waals surface area contributed by atoms with Crippen LogP contribution in [0, 0.1) is 0 Å². The smallest absolute Gasteiger partial charge is 0.331 e. The third-order valence-electron chi connectivity index (χ3n) is 2.20. The molecule has 2 atom stereocenters. The lowest BCUT2D eigenvalue weighted by atomic mass is 10.3. The number of aliphatic hydroxyl groups is 2. The van der Waals surface area contributed by atoms with Gasteiger partial charge in [-0.1, -0.05) is 0 Å². The third kappa shape index (κ3) is 1.77. The summed E-state index contributed by atoms with van der Waals surface area (Å²) in [5, 5.41) is 18.4. The van der Waals surface area contributed by atoms with Crippen LogP contribution in [0.25, 0.3) is 0 Å². The van der Waals surface area contributed by atoms with Gasteiger partial charge in [0.1, 0.15) is 18.5 Å². The number of aromatic nitrogens is 2. The van der Waals surface area contributed by atoms with E-state index in [1.807, 2.05) is 4.98 Å². The SMILES string of the molecule is O=c1ccn(C2OC(CO)=CC2O)c(=O)[nH]1. The summed E-state index contributed by atoms with van der Waals surface area (Å²) < 4.78 is 6.18. The van der Waals surface area contributed by atoms with Crippen molar-refractivity contribution in [3.05, 3.63) is 44.9 Å². The van der Waals surface area contributed by atoms with Crippen LogP contribution < -0.4 is 11.2 Å². The second-order valence-electron chi connectivity index (χ2n) is 3.31. The van der Waals surface area contributed by atoms with E-state index in [2.05, 4.69) is 0 Å². The molecule has 3 N–H and O–H groups in total. The average Bonchev–Trinajstić information content (AvgIpc) is 2.60. The maximum atomic E-state index is 11.4. The molecule has 0 bridgehead atoms. The summed E-state index contributed by atoms with van der Waals surface area (Å²) in [4.78, 5) is 24.3. The molecule has 0 amide bonds. The van der Waals surface area contributed by atoms with Gasteiger partial charge in [0.25, 0.3) is 5.56 Å². The zero-order valence-corrected chi connectivity index (χ0v) is 8.16. The molecule has 2 rings (SSSR count). The monoisotopic (exact) mass is 226 g/mol. The van der Waals surface area contributed by atoms with E-state index in [4.69, 9.17) is 9.84 Å². The van der Waals surface area contributed by atoms with Gasteiger partial charge in [0.05, 0.1) is 0 Å². The minimum Gasteiger partial charge on any atom is -0.469 e. The van der Waals surface area contributed by atoms with Crippen LogP contribution in [0.5, 0.6) is 0 Å². The topological polar surface area (TPSA) is 105 Å². The van der Waals surface area contributed by atoms with E-state index in [9.17, 15) is 14.7 Å². The fourth-order valence-corrected chi connectivity index (χ4v) is 1.48. The van der Waals surface area contributed by atoms with Crippen LogP contribution in [0.1, 0.15) is 6.23 Å². The van der Waals surface area contributed by atoms with Gasteiger partial charge in [0.15, 0.2) is 0 Å². The third-order valence-corrected chi connectivity index (χ3v) is 2.20. The number of nitrogens with zero attached hydrogens (tertiary/aromatic N) is 1. The number of aromatic amines is 1. The van der Waals surface area contributed by atoms with E-state index in [0.717, 1.165) is 10.6 Å². The fraction of sp³-hybridized carbons (Fsp3) is 0.333. The number of aliphatic hydroxyl groups excluding tert-OH is 2. The van der Waals surface area contributed by atoms with Crippen molar-refractivity contribution in [2.24, 2.45) is 0 Å². The number of ether oxygens (including phenoxy) is 1. The maximum absolute atomic E-state index is 11.4. The first kappa shape index (κ1) is 10.7. The first-order valence-corrected chi connectivity index (χ1v) is 4.59. The number of hydrogen-bond acceptors (Lipinski definition) is 5. The zero-order valence-electron chi connectivity index (χ0n) is 8.16. The minimum absolute atomic E-state index is 0.190. The predicted molar refractivity (Wildman–Crippen MR) is 52.6 cm³/mol. The molecule has 2 heterocycles. The summed E-state index contributed by atoms with van der Waals surface area (Å²) >= 11 is 0. The van der Waals surface area contributed by atoms with Crippen LogP contribution >= 0.6 is 0 Å². The summed E-state index contributed by atoms with van der Waals surface area (Å²) in [5.41, 5.74) is -1.20. The molecule has 0 radical (unpaired) electrons. The fourth-order valence-electron chi connectivity index (χ4n) is 1.48. The standard InChI is InChI=1S/C9H10N2O5/c12-4-5-3-6(13)8(16-5)11-2-1-7(14)10-9(11)15/h1-3,6,8,12-13H,4H2,(H,10,14,15). The molecule has 0 fully saturated rings. The molecule has 0 saturated carbocycles.